The lowest BCUT2D eigenvalue weighted by Gasteiger charge is -2.18. The van der Waals surface area contributed by atoms with Crippen molar-refractivity contribution >= 4 is 10.0 Å². The number of benzene rings is 1. The molecule has 0 unspecified atom stereocenters. The molecule has 0 aromatic heterocycles. The zero-order valence-corrected chi connectivity index (χ0v) is 11.4. The molecule has 0 saturated heterocycles. The zero-order valence-electron chi connectivity index (χ0n) is 10.5. The van der Waals surface area contributed by atoms with Crippen LogP contribution in [0.25, 0.3) is 0 Å². The lowest BCUT2D eigenvalue weighted by molar-refractivity contribution is 0.463. The van der Waals surface area contributed by atoms with Crippen LogP contribution < -0.4 is 5.73 Å². The van der Waals surface area contributed by atoms with Crippen molar-refractivity contribution in [3.8, 4) is 6.07 Å². The SMILES string of the molecule is Cc1ccc(C#N)cc1S(=O)(=O)N(C)CCCN. The maximum Gasteiger partial charge on any atom is 0.243 e. The van der Waals surface area contributed by atoms with Gasteiger partial charge < -0.3 is 5.73 Å². The van der Waals surface area contributed by atoms with E-state index in [1.165, 1.54) is 17.4 Å². The molecule has 0 spiro atoms. The predicted molar refractivity (Wildman–Crippen MR) is 69.4 cm³/mol. The summed E-state index contributed by atoms with van der Waals surface area (Å²) < 4.78 is 25.9. The minimum Gasteiger partial charge on any atom is -0.330 e. The molecular weight excluding hydrogens is 250 g/mol. The van der Waals surface area contributed by atoms with Gasteiger partial charge in [-0.25, -0.2) is 12.7 Å². The molecule has 0 saturated carbocycles. The Bertz CT molecular complexity index is 561. The number of sulfonamides is 1. The summed E-state index contributed by atoms with van der Waals surface area (Å²) in [6.45, 7) is 2.52. The van der Waals surface area contributed by atoms with Crippen LogP contribution in [0.3, 0.4) is 0 Å². The van der Waals surface area contributed by atoms with E-state index in [4.69, 9.17) is 11.0 Å². The van der Waals surface area contributed by atoms with Gasteiger partial charge in [0.15, 0.2) is 0 Å². The van der Waals surface area contributed by atoms with Crippen LogP contribution in [0.2, 0.25) is 0 Å². The summed E-state index contributed by atoms with van der Waals surface area (Å²) in [5, 5.41) is 8.82. The molecule has 0 aliphatic carbocycles. The van der Waals surface area contributed by atoms with Crippen LogP contribution in [0.4, 0.5) is 0 Å². The summed E-state index contributed by atoms with van der Waals surface area (Å²) in [4.78, 5) is 0.182. The minimum absolute atomic E-state index is 0.182. The molecule has 1 aromatic rings. The van der Waals surface area contributed by atoms with E-state index in [9.17, 15) is 8.42 Å². The van der Waals surface area contributed by atoms with Gasteiger partial charge in [0, 0.05) is 13.6 Å². The second kappa shape index (κ2) is 5.96. The molecule has 0 aliphatic heterocycles. The normalized spacial score (nSPS) is 11.5. The van der Waals surface area contributed by atoms with Crippen molar-refractivity contribution in [2.75, 3.05) is 20.1 Å². The Morgan fingerprint density at radius 1 is 1.44 bits per heavy atom. The van der Waals surface area contributed by atoms with Gasteiger partial charge in [-0.2, -0.15) is 5.26 Å². The molecule has 98 valence electrons. The third kappa shape index (κ3) is 3.07. The quantitative estimate of drug-likeness (QED) is 0.856. The van der Waals surface area contributed by atoms with Crippen LogP contribution in [0.1, 0.15) is 17.5 Å². The Balaban J connectivity index is 3.16. The molecule has 0 amide bonds. The van der Waals surface area contributed by atoms with Crippen molar-refractivity contribution in [2.45, 2.75) is 18.2 Å². The van der Waals surface area contributed by atoms with Gasteiger partial charge in [0.1, 0.15) is 0 Å². The van der Waals surface area contributed by atoms with Gasteiger partial charge in [0.2, 0.25) is 10.0 Å². The van der Waals surface area contributed by atoms with Gasteiger partial charge in [0.05, 0.1) is 16.5 Å². The van der Waals surface area contributed by atoms with Crippen LogP contribution >= 0.6 is 0 Å². The highest BCUT2D eigenvalue weighted by atomic mass is 32.2. The van der Waals surface area contributed by atoms with E-state index >= 15 is 0 Å². The lowest BCUT2D eigenvalue weighted by Crippen LogP contribution is -2.29. The first kappa shape index (κ1) is 14.6. The molecule has 0 heterocycles. The third-order valence-corrected chi connectivity index (χ3v) is 4.68. The average molecular weight is 267 g/mol. The highest BCUT2D eigenvalue weighted by molar-refractivity contribution is 7.89. The molecule has 18 heavy (non-hydrogen) atoms. The van der Waals surface area contributed by atoms with Crippen molar-refractivity contribution in [2.24, 2.45) is 5.73 Å². The standard InChI is InChI=1S/C12H17N3O2S/c1-10-4-5-11(9-14)8-12(10)18(16,17)15(2)7-3-6-13/h4-5,8H,3,6-7,13H2,1-2H3. The second-order valence-corrected chi connectivity index (χ2v) is 6.07. The van der Waals surface area contributed by atoms with Gasteiger partial charge in [0.25, 0.3) is 0 Å². The monoisotopic (exact) mass is 267 g/mol. The van der Waals surface area contributed by atoms with E-state index in [0.717, 1.165) is 0 Å². The topological polar surface area (TPSA) is 87.2 Å². The van der Waals surface area contributed by atoms with Crippen LogP contribution in [-0.4, -0.2) is 32.9 Å². The second-order valence-electron chi connectivity index (χ2n) is 4.06. The van der Waals surface area contributed by atoms with Crippen molar-refractivity contribution in [3.05, 3.63) is 29.3 Å². The number of nitrogens with two attached hydrogens (primary N) is 1. The molecule has 0 fully saturated rings. The molecular formula is C12H17N3O2S. The number of hydrogen-bond donors (Lipinski definition) is 1. The molecule has 5 nitrogen and oxygen atoms in total. The van der Waals surface area contributed by atoms with Gasteiger partial charge >= 0.3 is 0 Å². The summed E-state index contributed by atoms with van der Waals surface area (Å²) in [5.74, 6) is 0. The first-order valence-corrected chi connectivity index (χ1v) is 7.04. The fourth-order valence-electron chi connectivity index (χ4n) is 1.55. The Kier molecular flexibility index (Phi) is 4.84. The summed E-state index contributed by atoms with van der Waals surface area (Å²) in [7, 11) is -2.03. The number of nitrogens with zero attached hydrogens (tertiary/aromatic N) is 2. The van der Waals surface area contributed by atoms with E-state index in [1.807, 2.05) is 6.07 Å². The van der Waals surface area contributed by atoms with E-state index in [2.05, 4.69) is 0 Å². The largest absolute Gasteiger partial charge is 0.330 e. The fourth-order valence-corrected chi connectivity index (χ4v) is 3.01. The van der Waals surface area contributed by atoms with Crippen molar-refractivity contribution in [1.82, 2.24) is 4.31 Å². The molecule has 0 aliphatic rings. The summed E-state index contributed by atoms with van der Waals surface area (Å²) in [6, 6.07) is 6.60. The van der Waals surface area contributed by atoms with Crippen molar-refractivity contribution in [3.63, 3.8) is 0 Å². The average Bonchev–Trinajstić information content (AvgIpc) is 2.36. The van der Waals surface area contributed by atoms with Gasteiger partial charge in [-0.15, -0.1) is 0 Å². The number of rotatable bonds is 5. The molecule has 0 bridgehead atoms. The molecule has 0 atom stereocenters. The molecule has 2 N–H and O–H groups in total. The molecule has 1 rings (SSSR count). The Labute approximate surface area is 108 Å². The van der Waals surface area contributed by atoms with Crippen molar-refractivity contribution in [1.29, 1.82) is 5.26 Å². The number of hydrogen-bond acceptors (Lipinski definition) is 4. The van der Waals surface area contributed by atoms with E-state index in [-0.39, 0.29) is 4.90 Å². The van der Waals surface area contributed by atoms with E-state index < -0.39 is 10.0 Å². The summed E-state index contributed by atoms with van der Waals surface area (Å²) >= 11 is 0. The van der Waals surface area contributed by atoms with Crippen LogP contribution in [0, 0.1) is 18.3 Å². The highest BCUT2D eigenvalue weighted by Crippen LogP contribution is 2.20. The van der Waals surface area contributed by atoms with Crippen molar-refractivity contribution < 1.29 is 8.42 Å². The number of aryl methyl sites for hydroxylation is 1. The third-order valence-electron chi connectivity index (χ3n) is 2.68. The smallest absolute Gasteiger partial charge is 0.243 e. The summed E-state index contributed by atoms with van der Waals surface area (Å²) in [6.07, 6.45) is 0.604. The summed E-state index contributed by atoms with van der Waals surface area (Å²) in [5.41, 5.74) is 6.34. The zero-order chi connectivity index (χ0) is 13.8. The van der Waals surface area contributed by atoms with E-state index in [0.29, 0.717) is 30.6 Å². The maximum absolute atomic E-state index is 12.3. The maximum atomic E-state index is 12.3. The predicted octanol–water partition coefficient (Wildman–Crippen LogP) is 0.836. The van der Waals surface area contributed by atoms with Gasteiger partial charge in [-0.05, 0) is 37.6 Å². The van der Waals surface area contributed by atoms with Crippen LogP contribution in [0.5, 0.6) is 0 Å². The first-order valence-electron chi connectivity index (χ1n) is 5.60. The molecule has 0 radical (unpaired) electrons. The van der Waals surface area contributed by atoms with Gasteiger partial charge in [-0.3, -0.25) is 0 Å². The Morgan fingerprint density at radius 3 is 2.67 bits per heavy atom. The lowest BCUT2D eigenvalue weighted by atomic mass is 10.2. The van der Waals surface area contributed by atoms with Crippen LogP contribution in [0.15, 0.2) is 23.1 Å². The molecule has 6 heteroatoms. The minimum atomic E-state index is -3.55. The first-order chi connectivity index (χ1) is 8.43. The Hall–Kier alpha value is -1.42. The van der Waals surface area contributed by atoms with E-state index in [1.54, 1.807) is 19.1 Å². The van der Waals surface area contributed by atoms with Gasteiger partial charge in [-0.1, -0.05) is 6.07 Å². The number of nitriles is 1. The fraction of sp³-hybridized carbons (Fsp3) is 0.417. The highest BCUT2D eigenvalue weighted by Gasteiger charge is 2.22. The molecule has 1 aromatic carbocycles. The van der Waals surface area contributed by atoms with Crippen LogP contribution in [-0.2, 0) is 10.0 Å². The Morgan fingerprint density at radius 2 is 2.11 bits per heavy atom.